The van der Waals surface area contributed by atoms with Crippen molar-refractivity contribution in [3.63, 3.8) is 0 Å². The number of carboxylic acids is 1. The number of anilines is 1. The lowest BCUT2D eigenvalue weighted by Crippen LogP contribution is -2.37. The van der Waals surface area contributed by atoms with E-state index in [4.69, 9.17) is 23.2 Å². The molecule has 1 aliphatic heterocycles. The Balaban J connectivity index is 1.98. The number of rotatable bonds is 5. The molecule has 1 heterocycles. The van der Waals surface area contributed by atoms with Gasteiger partial charge in [-0.1, -0.05) is 78.3 Å². The fraction of sp³-hybridized carbons (Fsp3) is 0.0417. The monoisotopic (exact) mass is 450 g/mol. The summed E-state index contributed by atoms with van der Waals surface area (Å²) in [6, 6.07) is 20.3. The van der Waals surface area contributed by atoms with Crippen LogP contribution < -0.4 is 15.9 Å². The van der Waals surface area contributed by atoms with Gasteiger partial charge in [-0.2, -0.15) is 0 Å². The van der Waals surface area contributed by atoms with Gasteiger partial charge in [0, 0.05) is 27.1 Å². The Morgan fingerprint density at radius 1 is 0.968 bits per heavy atom. The smallest absolute Gasteiger partial charge is 0.341 e. The number of carboxylic acid groups (broad SMARTS) is 1. The van der Waals surface area contributed by atoms with Crippen molar-refractivity contribution in [2.45, 2.75) is 5.54 Å². The normalized spacial score (nSPS) is 16.9. The molecule has 0 saturated carbocycles. The summed E-state index contributed by atoms with van der Waals surface area (Å²) in [6.07, 6.45) is 0. The van der Waals surface area contributed by atoms with Gasteiger partial charge in [-0.3, -0.25) is 9.79 Å². The minimum absolute atomic E-state index is 0.0539. The Labute approximate surface area is 188 Å². The molecule has 0 radical (unpaired) electrons. The van der Waals surface area contributed by atoms with E-state index in [1.807, 2.05) is 6.07 Å². The molecule has 1 amide bonds. The van der Waals surface area contributed by atoms with Crippen molar-refractivity contribution < 1.29 is 14.7 Å². The summed E-state index contributed by atoms with van der Waals surface area (Å²) < 4.78 is 0. The quantitative estimate of drug-likeness (QED) is 0.577. The van der Waals surface area contributed by atoms with E-state index in [-0.39, 0.29) is 21.5 Å². The second-order valence-electron chi connectivity index (χ2n) is 6.95. The van der Waals surface area contributed by atoms with Crippen molar-refractivity contribution >= 4 is 46.3 Å². The first-order chi connectivity index (χ1) is 14.8. The van der Waals surface area contributed by atoms with Gasteiger partial charge in [-0.15, -0.1) is 0 Å². The second kappa shape index (κ2) is 8.02. The number of para-hydroxylation sites is 1. The van der Waals surface area contributed by atoms with Crippen molar-refractivity contribution in [2.75, 3.05) is 5.32 Å². The van der Waals surface area contributed by atoms with Crippen LogP contribution in [0.5, 0.6) is 0 Å². The molecule has 3 aromatic carbocycles. The molecule has 154 valence electrons. The number of halogens is 2. The SMILES string of the molecule is C=C(C(=O)Nc1ccccc1)C1=c2c(Cl)cc(Cl)cc2=NC1(C(=O)O)c1ccccc1. The standard InChI is InChI=1S/C24H16Cl2N2O3/c1-14(22(29)27-17-10-6-3-7-11-17)21-20-18(26)12-16(25)13-19(20)28-24(21,23(30)31)15-8-4-2-5-9-15/h2-13H,1H2,(H,27,29)(H,30,31). The molecule has 0 saturated heterocycles. The zero-order valence-electron chi connectivity index (χ0n) is 16.1. The van der Waals surface area contributed by atoms with Crippen LogP contribution in [0.4, 0.5) is 5.69 Å². The highest BCUT2D eigenvalue weighted by atomic mass is 35.5. The topological polar surface area (TPSA) is 78.8 Å². The van der Waals surface area contributed by atoms with E-state index in [9.17, 15) is 14.7 Å². The van der Waals surface area contributed by atoms with Crippen molar-refractivity contribution in [1.29, 1.82) is 0 Å². The molecule has 0 aliphatic carbocycles. The molecule has 1 unspecified atom stereocenters. The number of aliphatic carboxylic acids is 1. The van der Waals surface area contributed by atoms with E-state index in [1.54, 1.807) is 54.6 Å². The maximum atomic E-state index is 13.1. The summed E-state index contributed by atoms with van der Waals surface area (Å²) in [7, 11) is 0. The number of benzene rings is 3. The summed E-state index contributed by atoms with van der Waals surface area (Å²) in [4.78, 5) is 30.3. The third-order valence-corrected chi connectivity index (χ3v) is 5.56. The molecule has 1 atom stereocenters. The van der Waals surface area contributed by atoms with Crippen molar-refractivity contribution in [3.8, 4) is 0 Å². The van der Waals surface area contributed by atoms with Crippen LogP contribution in [0.1, 0.15) is 5.56 Å². The molecule has 3 aromatic rings. The lowest BCUT2D eigenvalue weighted by molar-refractivity contribution is -0.141. The number of hydrogen-bond acceptors (Lipinski definition) is 3. The van der Waals surface area contributed by atoms with Gasteiger partial charge in [0.15, 0.2) is 0 Å². The summed E-state index contributed by atoms with van der Waals surface area (Å²) >= 11 is 12.6. The molecule has 0 bridgehead atoms. The van der Waals surface area contributed by atoms with Crippen molar-refractivity contribution in [2.24, 2.45) is 4.99 Å². The molecule has 2 N–H and O–H groups in total. The third kappa shape index (κ3) is 3.52. The Morgan fingerprint density at radius 3 is 2.19 bits per heavy atom. The Bertz CT molecular complexity index is 1340. The molecule has 31 heavy (non-hydrogen) atoms. The predicted octanol–water partition coefficient (Wildman–Crippen LogP) is 3.95. The zero-order valence-corrected chi connectivity index (χ0v) is 17.6. The van der Waals surface area contributed by atoms with Gasteiger partial charge in [0.2, 0.25) is 5.54 Å². The maximum Gasteiger partial charge on any atom is 0.341 e. The van der Waals surface area contributed by atoms with E-state index >= 15 is 0 Å². The highest BCUT2D eigenvalue weighted by molar-refractivity contribution is 6.35. The van der Waals surface area contributed by atoms with E-state index in [0.29, 0.717) is 21.5 Å². The lowest BCUT2D eigenvalue weighted by Gasteiger charge is -2.27. The number of nitrogens with zero attached hydrogens (tertiary/aromatic N) is 1. The maximum absolute atomic E-state index is 13.1. The first-order valence-electron chi connectivity index (χ1n) is 9.29. The number of carbonyl (C=O) groups is 2. The minimum atomic E-state index is -1.90. The van der Waals surface area contributed by atoms with Gasteiger partial charge < -0.3 is 10.4 Å². The van der Waals surface area contributed by atoms with Gasteiger partial charge in [-0.25, -0.2) is 4.79 Å². The van der Waals surface area contributed by atoms with Crippen LogP contribution in [0.25, 0.3) is 5.57 Å². The lowest BCUT2D eigenvalue weighted by atomic mass is 9.79. The van der Waals surface area contributed by atoms with Crippen LogP contribution >= 0.6 is 23.2 Å². The Morgan fingerprint density at radius 2 is 1.58 bits per heavy atom. The third-order valence-electron chi connectivity index (χ3n) is 5.04. The number of nitrogens with one attached hydrogen (secondary N) is 1. The van der Waals surface area contributed by atoms with E-state index in [0.717, 1.165) is 0 Å². The minimum Gasteiger partial charge on any atom is -0.479 e. The van der Waals surface area contributed by atoms with Gasteiger partial charge in [-0.05, 0) is 29.8 Å². The van der Waals surface area contributed by atoms with Crippen LogP contribution in [0.15, 0.2) is 89.9 Å². The molecule has 4 rings (SSSR count). The number of amides is 1. The van der Waals surface area contributed by atoms with Gasteiger partial charge >= 0.3 is 5.97 Å². The van der Waals surface area contributed by atoms with Gasteiger partial charge in [0.05, 0.1) is 10.4 Å². The van der Waals surface area contributed by atoms with Crippen LogP contribution in [-0.2, 0) is 15.1 Å². The van der Waals surface area contributed by atoms with Crippen LogP contribution in [0.3, 0.4) is 0 Å². The van der Waals surface area contributed by atoms with E-state index in [1.165, 1.54) is 12.1 Å². The molecular formula is C24H16Cl2N2O3. The molecule has 7 heteroatoms. The average Bonchev–Trinajstić information content (AvgIpc) is 3.11. The molecule has 5 nitrogen and oxygen atoms in total. The zero-order chi connectivity index (χ0) is 22.2. The first kappa shape index (κ1) is 20.8. The summed E-state index contributed by atoms with van der Waals surface area (Å²) in [5.74, 6) is -1.82. The summed E-state index contributed by atoms with van der Waals surface area (Å²) in [5.41, 5.74) is -0.928. The fourth-order valence-corrected chi connectivity index (χ4v) is 4.27. The van der Waals surface area contributed by atoms with E-state index in [2.05, 4.69) is 16.9 Å². The van der Waals surface area contributed by atoms with Crippen LogP contribution in [0, 0.1) is 0 Å². The average molecular weight is 451 g/mol. The summed E-state index contributed by atoms with van der Waals surface area (Å²) in [6.45, 7) is 3.93. The molecule has 0 fully saturated rings. The van der Waals surface area contributed by atoms with Crippen LogP contribution in [0.2, 0.25) is 10.0 Å². The highest BCUT2D eigenvalue weighted by Gasteiger charge is 2.49. The van der Waals surface area contributed by atoms with Crippen LogP contribution in [-0.4, -0.2) is 17.0 Å². The molecule has 0 spiro atoms. The summed E-state index contributed by atoms with van der Waals surface area (Å²) in [5, 5.41) is 14.2. The number of fused-ring (bicyclic) bond motifs is 1. The molecular weight excluding hydrogens is 435 g/mol. The largest absolute Gasteiger partial charge is 0.479 e. The number of carbonyl (C=O) groups excluding carboxylic acids is 1. The highest BCUT2D eigenvalue weighted by Crippen LogP contribution is 2.40. The Kier molecular flexibility index (Phi) is 5.39. The van der Waals surface area contributed by atoms with Gasteiger partial charge in [0.1, 0.15) is 0 Å². The first-order valence-corrected chi connectivity index (χ1v) is 10.0. The fourth-order valence-electron chi connectivity index (χ4n) is 3.69. The Hall–Kier alpha value is -3.41. The molecule has 0 aromatic heterocycles. The predicted molar refractivity (Wildman–Crippen MR) is 121 cm³/mol. The van der Waals surface area contributed by atoms with Crippen molar-refractivity contribution in [1.82, 2.24) is 0 Å². The second-order valence-corrected chi connectivity index (χ2v) is 7.79. The number of hydrogen-bond donors (Lipinski definition) is 2. The molecule has 1 aliphatic rings. The van der Waals surface area contributed by atoms with Crippen molar-refractivity contribution in [3.05, 3.63) is 111 Å². The van der Waals surface area contributed by atoms with E-state index < -0.39 is 17.4 Å². The van der Waals surface area contributed by atoms with Gasteiger partial charge in [0.25, 0.3) is 5.91 Å².